The van der Waals surface area contributed by atoms with Crippen LogP contribution in [0.4, 0.5) is 0 Å². The van der Waals surface area contributed by atoms with Gasteiger partial charge in [-0.2, -0.15) is 0 Å². The predicted molar refractivity (Wildman–Crippen MR) is 76.0 cm³/mol. The summed E-state index contributed by atoms with van der Waals surface area (Å²) in [5, 5.41) is 0. The van der Waals surface area contributed by atoms with Gasteiger partial charge in [0.1, 0.15) is 0 Å². The minimum absolute atomic E-state index is 0.686. The van der Waals surface area contributed by atoms with Crippen LogP contribution in [-0.2, 0) is 0 Å². The molecule has 0 bridgehead atoms. The molecule has 2 unspecified atom stereocenters. The molecule has 0 heterocycles. The highest BCUT2D eigenvalue weighted by Gasteiger charge is 2.28. The monoisotopic (exact) mass is 230 g/mol. The van der Waals surface area contributed by atoms with E-state index in [1.165, 1.54) is 30.4 Å². The summed E-state index contributed by atoms with van der Waals surface area (Å²) in [7, 11) is 0. The van der Waals surface area contributed by atoms with Gasteiger partial charge in [-0.1, -0.05) is 25.0 Å². The van der Waals surface area contributed by atoms with Gasteiger partial charge in [0, 0.05) is 0 Å². The van der Waals surface area contributed by atoms with E-state index < -0.39 is 0 Å². The molecule has 94 valence electrons. The highest BCUT2D eigenvalue weighted by atomic mass is 14.3. The summed E-state index contributed by atoms with van der Waals surface area (Å²) in [4.78, 5) is 0. The van der Waals surface area contributed by atoms with E-state index in [1.807, 2.05) is 0 Å². The highest BCUT2D eigenvalue weighted by molar-refractivity contribution is 5.50. The topological polar surface area (TPSA) is 0 Å². The van der Waals surface area contributed by atoms with Crippen molar-refractivity contribution in [2.75, 3.05) is 0 Å². The molecule has 0 nitrogen and oxygen atoms in total. The lowest BCUT2D eigenvalue weighted by molar-refractivity contribution is 0.491. The number of hydrogen-bond donors (Lipinski definition) is 0. The summed E-state index contributed by atoms with van der Waals surface area (Å²) in [6.45, 7) is 14.1. The van der Waals surface area contributed by atoms with Crippen molar-refractivity contribution in [2.24, 2.45) is 11.8 Å². The van der Waals surface area contributed by atoms with Gasteiger partial charge in [-0.05, 0) is 81.1 Å². The maximum Gasteiger partial charge on any atom is -0.0125 e. The smallest absolute Gasteiger partial charge is 0.0125 e. The molecule has 0 aliphatic heterocycles. The quantitative estimate of drug-likeness (QED) is 0.521. The summed E-state index contributed by atoms with van der Waals surface area (Å²) in [5.74, 6) is 1.38. The average Bonchev–Trinajstić information content (AvgIpc) is 2.30. The summed E-state index contributed by atoms with van der Waals surface area (Å²) >= 11 is 0. The first kappa shape index (κ1) is 12.7. The Morgan fingerprint density at radius 1 is 0.765 bits per heavy atom. The van der Waals surface area contributed by atoms with Crippen molar-refractivity contribution in [3.63, 3.8) is 0 Å². The molecule has 1 fully saturated rings. The molecule has 0 amide bonds. The lowest BCUT2D eigenvalue weighted by Crippen LogP contribution is -2.16. The second-order valence-corrected chi connectivity index (χ2v) is 6.01. The van der Waals surface area contributed by atoms with E-state index in [1.54, 1.807) is 22.3 Å². The Labute approximate surface area is 106 Å². The van der Waals surface area contributed by atoms with E-state index in [4.69, 9.17) is 0 Å². The third-order valence-corrected chi connectivity index (χ3v) is 5.35. The predicted octanol–water partition coefficient (Wildman–Crippen LogP) is 5.43. The first-order chi connectivity index (χ1) is 7.95. The zero-order valence-electron chi connectivity index (χ0n) is 12.3. The Balaban J connectivity index is 2.58. The molecule has 0 aromatic heterocycles. The molecular formula is C17H26. The van der Waals surface area contributed by atoms with Gasteiger partial charge >= 0.3 is 0 Å². The Bertz CT molecular complexity index is 423. The Kier molecular flexibility index (Phi) is 3.34. The lowest BCUT2D eigenvalue weighted by Gasteiger charge is -2.29. The van der Waals surface area contributed by atoms with E-state index in [0.717, 1.165) is 0 Å². The van der Waals surface area contributed by atoms with Crippen molar-refractivity contribution < 1.29 is 0 Å². The molecule has 2 rings (SSSR count). The third-order valence-electron chi connectivity index (χ3n) is 5.35. The van der Waals surface area contributed by atoms with E-state index in [0.29, 0.717) is 11.8 Å². The summed E-state index contributed by atoms with van der Waals surface area (Å²) in [6, 6.07) is 0. The molecule has 2 aliphatic rings. The minimum atomic E-state index is 0.686. The van der Waals surface area contributed by atoms with Crippen LogP contribution in [0.1, 0.15) is 60.8 Å². The molecule has 0 saturated heterocycles. The third kappa shape index (κ3) is 1.92. The highest BCUT2D eigenvalue weighted by Crippen LogP contribution is 2.44. The standard InChI is InChI=1S/C17H26/c1-10-11(2)13(4)15(6)17(14(5)12(10)3)16-8-7-9-16/h12,14H,7-9H2,1-6H3. The normalized spacial score (nSPS) is 30.7. The van der Waals surface area contributed by atoms with Crippen molar-refractivity contribution in [1.29, 1.82) is 0 Å². The van der Waals surface area contributed by atoms with Crippen LogP contribution in [0.2, 0.25) is 0 Å². The van der Waals surface area contributed by atoms with E-state index in [-0.39, 0.29) is 0 Å². The van der Waals surface area contributed by atoms with Crippen molar-refractivity contribution >= 4 is 0 Å². The number of allylic oxidation sites excluding steroid dienone is 6. The van der Waals surface area contributed by atoms with Crippen LogP contribution in [0, 0.1) is 11.8 Å². The molecule has 0 aromatic rings. The minimum Gasteiger partial charge on any atom is -0.0667 e. The maximum atomic E-state index is 2.42. The molecule has 0 aromatic carbocycles. The van der Waals surface area contributed by atoms with Crippen LogP contribution in [0.3, 0.4) is 0 Å². The van der Waals surface area contributed by atoms with Gasteiger partial charge in [-0.3, -0.25) is 0 Å². The molecule has 2 aliphatic carbocycles. The van der Waals surface area contributed by atoms with Gasteiger partial charge in [0.25, 0.3) is 0 Å². The van der Waals surface area contributed by atoms with Crippen molar-refractivity contribution in [2.45, 2.75) is 60.8 Å². The Morgan fingerprint density at radius 3 is 1.82 bits per heavy atom. The van der Waals surface area contributed by atoms with Gasteiger partial charge in [0.2, 0.25) is 0 Å². The van der Waals surface area contributed by atoms with Gasteiger partial charge in [0.15, 0.2) is 0 Å². The zero-order valence-corrected chi connectivity index (χ0v) is 12.3. The van der Waals surface area contributed by atoms with E-state index >= 15 is 0 Å². The fraction of sp³-hybridized carbons (Fsp3) is 0.647. The fourth-order valence-corrected chi connectivity index (χ4v) is 3.30. The molecule has 0 heteroatoms. The van der Waals surface area contributed by atoms with Crippen molar-refractivity contribution in [1.82, 2.24) is 0 Å². The molecule has 0 spiro atoms. The van der Waals surface area contributed by atoms with Crippen LogP contribution in [0.5, 0.6) is 0 Å². The molecule has 2 atom stereocenters. The summed E-state index contributed by atoms with van der Waals surface area (Å²) in [5.41, 5.74) is 9.63. The van der Waals surface area contributed by atoms with Crippen LogP contribution >= 0.6 is 0 Å². The summed E-state index contributed by atoms with van der Waals surface area (Å²) < 4.78 is 0. The molecule has 0 N–H and O–H groups in total. The average molecular weight is 230 g/mol. The van der Waals surface area contributed by atoms with Crippen LogP contribution in [-0.4, -0.2) is 0 Å². The van der Waals surface area contributed by atoms with Crippen molar-refractivity contribution in [3.05, 3.63) is 33.4 Å². The van der Waals surface area contributed by atoms with Gasteiger partial charge in [0.05, 0.1) is 0 Å². The summed E-state index contributed by atoms with van der Waals surface area (Å²) in [6.07, 6.45) is 4.09. The molecule has 17 heavy (non-hydrogen) atoms. The van der Waals surface area contributed by atoms with Crippen molar-refractivity contribution in [3.8, 4) is 0 Å². The van der Waals surface area contributed by atoms with Crippen LogP contribution < -0.4 is 0 Å². The zero-order chi connectivity index (χ0) is 12.7. The molecule has 1 saturated carbocycles. The van der Waals surface area contributed by atoms with Gasteiger partial charge in [-0.25, -0.2) is 0 Å². The van der Waals surface area contributed by atoms with Gasteiger partial charge < -0.3 is 0 Å². The second kappa shape index (κ2) is 4.48. The van der Waals surface area contributed by atoms with Crippen LogP contribution in [0.25, 0.3) is 0 Å². The largest absolute Gasteiger partial charge is 0.0667 e. The fourth-order valence-electron chi connectivity index (χ4n) is 3.30. The first-order valence-corrected chi connectivity index (χ1v) is 7.02. The van der Waals surface area contributed by atoms with E-state index in [2.05, 4.69) is 41.5 Å². The Hall–Kier alpha value is -0.780. The maximum absolute atomic E-state index is 2.42. The SMILES string of the molecule is CC1=C(C)C(=C2CCC2)C(C)C(C)C(C)=C1C. The number of rotatable bonds is 0. The molecule has 0 radical (unpaired) electrons. The van der Waals surface area contributed by atoms with Crippen LogP contribution in [0.15, 0.2) is 33.4 Å². The first-order valence-electron chi connectivity index (χ1n) is 7.02. The Morgan fingerprint density at radius 2 is 1.35 bits per heavy atom. The second-order valence-electron chi connectivity index (χ2n) is 6.01. The lowest BCUT2D eigenvalue weighted by atomic mass is 9.76. The van der Waals surface area contributed by atoms with E-state index in [9.17, 15) is 0 Å². The number of hydrogen-bond acceptors (Lipinski definition) is 0. The molecular weight excluding hydrogens is 204 g/mol. The van der Waals surface area contributed by atoms with Gasteiger partial charge in [-0.15, -0.1) is 0 Å².